The van der Waals surface area contributed by atoms with Gasteiger partial charge in [-0.3, -0.25) is 4.79 Å². The SMILES string of the molecule is O=C(c1cccc(OC(F)(F)F)c1)N1C[C@H]2C[C@H]1CS2. The highest BCUT2D eigenvalue weighted by atomic mass is 32.2. The van der Waals surface area contributed by atoms with Gasteiger partial charge in [0.1, 0.15) is 5.75 Å². The number of hydrogen-bond donors (Lipinski definition) is 0. The van der Waals surface area contributed by atoms with Gasteiger partial charge in [-0.15, -0.1) is 13.2 Å². The standard InChI is InChI=1S/C13H12F3NO2S/c14-13(15,16)19-10-3-1-2-8(4-10)12(18)17-6-11-5-9(17)7-20-11/h1-4,9,11H,5-7H2/t9-,11+/m0/s1. The molecule has 2 bridgehead atoms. The van der Waals surface area contributed by atoms with Crippen molar-refractivity contribution in [2.45, 2.75) is 24.1 Å². The van der Waals surface area contributed by atoms with Gasteiger partial charge in [-0.1, -0.05) is 6.07 Å². The number of nitrogens with zero attached hydrogens (tertiary/aromatic N) is 1. The molecule has 0 aromatic heterocycles. The second kappa shape index (κ2) is 4.87. The highest BCUT2D eigenvalue weighted by molar-refractivity contribution is 8.00. The van der Waals surface area contributed by atoms with E-state index in [4.69, 9.17) is 0 Å². The Morgan fingerprint density at radius 2 is 2.20 bits per heavy atom. The summed E-state index contributed by atoms with van der Waals surface area (Å²) in [5, 5.41) is 0.471. The van der Waals surface area contributed by atoms with Gasteiger partial charge in [0.25, 0.3) is 5.91 Å². The fourth-order valence-electron chi connectivity index (χ4n) is 2.64. The van der Waals surface area contributed by atoms with Gasteiger partial charge in [0, 0.05) is 29.2 Å². The van der Waals surface area contributed by atoms with E-state index in [0.29, 0.717) is 11.8 Å². The molecule has 0 aliphatic carbocycles. The number of ether oxygens (including phenoxy) is 1. The maximum absolute atomic E-state index is 12.3. The average molecular weight is 303 g/mol. The van der Waals surface area contributed by atoms with E-state index >= 15 is 0 Å². The number of thioether (sulfide) groups is 1. The summed E-state index contributed by atoms with van der Waals surface area (Å²) in [4.78, 5) is 14.1. The molecule has 7 heteroatoms. The number of alkyl halides is 3. The van der Waals surface area contributed by atoms with Gasteiger partial charge in [-0.05, 0) is 24.6 Å². The zero-order valence-electron chi connectivity index (χ0n) is 10.4. The van der Waals surface area contributed by atoms with Crippen LogP contribution in [-0.2, 0) is 0 Å². The first-order valence-electron chi connectivity index (χ1n) is 6.21. The monoisotopic (exact) mass is 303 g/mol. The Balaban J connectivity index is 1.77. The molecule has 2 aliphatic heterocycles. The van der Waals surface area contributed by atoms with Crippen molar-refractivity contribution in [2.75, 3.05) is 12.3 Å². The molecule has 0 spiro atoms. The zero-order chi connectivity index (χ0) is 14.3. The quantitative estimate of drug-likeness (QED) is 0.841. The minimum Gasteiger partial charge on any atom is -0.406 e. The van der Waals surface area contributed by atoms with Gasteiger partial charge in [-0.25, -0.2) is 0 Å². The van der Waals surface area contributed by atoms with Crippen LogP contribution in [0.4, 0.5) is 13.2 Å². The number of carbonyl (C=O) groups is 1. The number of carbonyl (C=O) groups excluding carboxylic acids is 1. The Kier molecular flexibility index (Phi) is 3.32. The molecule has 0 unspecified atom stereocenters. The van der Waals surface area contributed by atoms with Crippen LogP contribution in [-0.4, -0.2) is 40.8 Å². The first-order valence-corrected chi connectivity index (χ1v) is 7.25. The van der Waals surface area contributed by atoms with Crippen molar-refractivity contribution in [1.29, 1.82) is 0 Å². The first-order chi connectivity index (χ1) is 9.42. The third-order valence-electron chi connectivity index (χ3n) is 3.48. The lowest BCUT2D eigenvalue weighted by molar-refractivity contribution is -0.274. The molecule has 0 N–H and O–H groups in total. The number of rotatable bonds is 2. The molecule has 108 valence electrons. The summed E-state index contributed by atoms with van der Waals surface area (Å²) in [5.41, 5.74) is 0.240. The topological polar surface area (TPSA) is 29.5 Å². The molecule has 3 nitrogen and oxygen atoms in total. The van der Waals surface area contributed by atoms with Gasteiger partial charge in [0.2, 0.25) is 0 Å². The number of halogens is 3. The minimum absolute atomic E-state index is 0.213. The fraction of sp³-hybridized carbons (Fsp3) is 0.462. The summed E-state index contributed by atoms with van der Waals surface area (Å²) in [6.45, 7) is 0.679. The van der Waals surface area contributed by atoms with Crippen LogP contribution < -0.4 is 4.74 Å². The van der Waals surface area contributed by atoms with Crippen LogP contribution in [0.25, 0.3) is 0 Å². The molecule has 2 fully saturated rings. The zero-order valence-corrected chi connectivity index (χ0v) is 11.2. The first kappa shape index (κ1) is 13.6. The Bertz CT molecular complexity index is 535. The highest BCUT2D eigenvalue weighted by Gasteiger charge is 2.41. The molecule has 0 radical (unpaired) electrons. The normalized spacial score (nSPS) is 25.1. The van der Waals surface area contributed by atoms with Crippen LogP contribution in [0.2, 0.25) is 0 Å². The lowest BCUT2D eigenvalue weighted by atomic mass is 10.1. The van der Waals surface area contributed by atoms with Gasteiger partial charge in [-0.2, -0.15) is 11.8 Å². The van der Waals surface area contributed by atoms with E-state index in [2.05, 4.69) is 4.74 Å². The van der Waals surface area contributed by atoms with E-state index in [1.165, 1.54) is 18.2 Å². The molecule has 3 rings (SSSR count). The third-order valence-corrected chi connectivity index (χ3v) is 4.87. The van der Waals surface area contributed by atoms with Crippen LogP contribution in [0, 0.1) is 0 Å². The predicted molar refractivity (Wildman–Crippen MR) is 68.8 cm³/mol. The molecule has 2 aliphatic rings. The Morgan fingerprint density at radius 3 is 2.80 bits per heavy atom. The van der Waals surface area contributed by atoms with Crippen LogP contribution in [0.3, 0.4) is 0 Å². The molecule has 1 aromatic rings. The Morgan fingerprint density at radius 1 is 1.40 bits per heavy atom. The predicted octanol–water partition coefficient (Wildman–Crippen LogP) is 2.92. The van der Waals surface area contributed by atoms with Gasteiger partial charge in [0.05, 0.1) is 0 Å². The summed E-state index contributed by atoms with van der Waals surface area (Å²) in [5.74, 6) is 0.335. The molecular formula is C13H12F3NO2S. The van der Waals surface area contributed by atoms with Crippen LogP contribution in [0.5, 0.6) is 5.75 Å². The summed E-state index contributed by atoms with van der Waals surface area (Å²) in [6, 6.07) is 5.47. The number of fused-ring (bicyclic) bond motifs is 2. The molecule has 1 amide bonds. The molecule has 2 atom stereocenters. The summed E-state index contributed by atoms with van der Waals surface area (Å²) in [6.07, 6.45) is -3.76. The molecule has 2 heterocycles. The average Bonchev–Trinajstić information content (AvgIpc) is 2.98. The van der Waals surface area contributed by atoms with Crippen molar-refractivity contribution in [3.63, 3.8) is 0 Å². The Hall–Kier alpha value is -1.37. The molecule has 0 saturated carbocycles. The summed E-state index contributed by atoms with van der Waals surface area (Å²) >= 11 is 1.85. The lowest BCUT2D eigenvalue weighted by Crippen LogP contribution is -2.39. The van der Waals surface area contributed by atoms with E-state index in [-0.39, 0.29) is 23.3 Å². The van der Waals surface area contributed by atoms with Crippen LogP contribution in [0.1, 0.15) is 16.8 Å². The van der Waals surface area contributed by atoms with Gasteiger partial charge >= 0.3 is 6.36 Å². The molecular weight excluding hydrogens is 291 g/mol. The smallest absolute Gasteiger partial charge is 0.406 e. The maximum atomic E-state index is 12.3. The van der Waals surface area contributed by atoms with E-state index in [1.54, 1.807) is 4.90 Å². The van der Waals surface area contributed by atoms with Crippen LogP contribution >= 0.6 is 11.8 Å². The van der Waals surface area contributed by atoms with Crippen molar-refractivity contribution >= 4 is 17.7 Å². The second-order valence-electron chi connectivity index (χ2n) is 4.88. The van der Waals surface area contributed by atoms with Crippen molar-refractivity contribution in [3.8, 4) is 5.75 Å². The van der Waals surface area contributed by atoms with Gasteiger partial charge in [0.15, 0.2) is 0 Å². The summed E-state index contributed by atoms with van der Waals surface area (Å²) in [7, 11) is 0. The lowest BCUT2D eigenvalue weighted by Gasteiger charge is -2.26. The largest absolute Gasteiger partial charge is 0.573 e. The van der Waals surface area contributed by atoms with Crippen molar-refractivity contribution in [2.24, 2.45) is 0 Å². The number of hydrogen-bond acceptors (Lipinski definition) is 3. The third kappa shape index (κ3) is 2.72. The summed E-state index contributed by atoms with van der Waals surface area (Å²) < 4.78 is 40.4. The van der Waals surface area contributed by atoms with Crippen molar-refractivity contribution < 1.29 is 22.7 Å². The van der Waals surface area contributed by atoms with Crippen molar-refractivity contribution in [3.05, 3.63) is 29.8 Å². The minimum atomic E-state index is -4.75. The van der Waals surface area contributed by atoms with E-state index < -0.39 is 6.36 Å². The number of amides is 1. The molecule has 2 saturated heterocycles. The maximum Gasteiger partial charge on any atom is 0.573 e. The number of likely N-dealkylation sites (tertiary alicyclic amines) is 1. The van der Waals surface area contributed by atoms with Gasteiger partial charge < -0.3 is 9.64 Å². The van der Waals surface area contributed by atoms with Crippen LogP contribution in [0.15, 0.2) is 24.3 Å². The van der Waals surface area contributed by atoms with E-state index in [1.807, 2.05) is 11.8 Å². The molecule has 1 aromatic carbocycles. The second-order valence-corrected chi connectivity index (χ2v) is 6.21. The Labute approximate surface area is 118 Å². The molecule has 20 heavy (non-hydrogen) atoms. The van der Waals surface area contributed by atoms with E-state index in [0.717, 1.165) is 18.2 Å². The fourth-order valence-corrected chi connectivity index (χ4v) is 4.08. The number of benzene rings is 1. The van der Waals surface area contributed by atoms with Crippen molar-refractivity contribution in [1.82, 2.24) is 4.90 Å². The highest BCUT2D eigenvalue weighted by Crippen LogP contribution is 2.38. The van der Waals surface area contributed by atoms with E-state index in [9.17, 15) is 18.0 Å².